The maximum Gasteiger partial charge on any atom is 0.217 e. The minimum absolute atomic E-state index is 0.0187. The van der Waals surface area contributed by atoms with E-state index in [1.165, 1.54) is 6.92 Å². The van der Waals surface area contributed by atoms with Gasteiger partial charge in [-0.25, -0.2) is 0 Å². The number of benzene rings is 2. The molecule has 0 spiro atoms. The molecule has 3 heteroatoms. The summed E-state index contributed by atoms with van der Waals surface area (Å²) in [7, 11) is 0. The van der Waals surface area contributed by atoms with Crippen molar-refractivity contribution in [2.24, 2.45) is 0 Å². The van der Waals surface area contributed by atoms with E-state index in [-0.39, 0.29) is 5.91 Å². The van der Waals surface area contributed by atoms with Crippen molar-refractivity contribution in [1.29, 1.82) is 0 Å². The van der Waals surface area contributed by atoms with Gasteiger partial charge in [0.1, 0.15) is 0 Å². The van der Waals surface area contributed by atoms with Crippen molar-refractivity contribution in [3.05, 3.63) is 66.4 Å². The molecule has 104 valence electrons. The summed E-state index contributed by atoms with van der Waals surface area (Å²) in [5.74, 6) is -0.0187. The summed E-state index contributed by atoms with van der Waals surface area (Å²) in [6.45, 7) is 2.08. The second-order valence-corrected chi connectivity index (χ2v) is 4.99. The molecule has 1 heterocycles. The van der Waals surface area contributed by atoms with Crippen molar-refractivity contribution in [3.8, 4) is 11.1 Å². The number of rotatable bonds is 3. The van der Waals surface area contributed by atoms with E-state index in [1.807, 2.05) is 30.3 Å². The Balaban J connectivity index is 2.02. The molecular formula is C18H16N2O. The molecule has 0 fully saturated rings. The third kappa shape index (κ3) is 2.92. The first-order valence-corrected chi connectivity index (χ1v) is 6.91. The summed E-state index contributed by atoms with van der Waals surface area (Å²) >= 11 is 0. The van der Waals surface area contributed by atoms with Gasteiger partial charge in [0, 0.05) is 25.1 Å². The highest BCUT2D eigenvalue weighted by atomic mass is 16.1. The van der Waals surface area contributed by atoms with E-state index in [2.05, 4.69) is 34.6 Å². The molecule has 3 nitrogen and oxygen atoms in total. The van der Waals surface area contributed by atoms with Crippen LogP contribution in [-0.2, 0) is 11.3 Å². The number of fused-ring (bicyclic) bond motifs is 1. The molecule has 0 radical (unpaired) electrons. The van der Waals surface area contributed by atoms with Gasteiger partial charge in [-0.3, -0.25) is 9.78 Å². The molecule has 0 saturated carbocycles. The number of nitrogens with one attached hydrogen (secondary N) is 1. The van der Waals surface area contributed by atoms with Crippen LogP contribution in [0.2, 0.25) is 0 Å². The molecule has 2 aromatic carbocycles. The highest BCUT2D eigenvalue weighted by Crippen LogP contribution is 2.28. The lowest BCUT2D eigenvalue weighted by molar-refractivity contribution is -0.119. The van der Waals surface area contributed by atoms with Crippen LogP contribution in [-0.4, -0.2) is 10.9 Å². The van der Waals surface area contributed by atoms with Crippen LogP contribution < -0.4 is 5.32 Å². The van der Waals surface area contributed by atoms with Gasteiger partial charge in [0.2, 0.25) is 5.91 Å². The zero-order chi connectivity index (χ0) is 14.7. The lowest BCUT2D eigenvalue weighted by Crippen LogP contribution is -2.18. The van der Waals surface area contributed by atoms with Crippen LogP contribution in [0.15, 0.2) is 60.8 Å². The molecule has 0 atom stereocenters. The number of pyridine rings is 1. The number of nitrogens with zero attached hydrogens (tertiary/aromatic N) is 1. The molecule has 1 amide bonds. The predicted molar refractivity (Wildman–Crippen MR) is 84.7 cm³/mol. The van der Waals surface area contributed by atoms with Crippen molar-refractivity contribution in [2.45, 2.75) is 13.5 Å². The van der Waals surface area contributed by atoms with Gasteiger partial charge in [0.05, 0.1) is 5.52 Å². The normalized spacial score (nSPS) is 10.5. The summed E-state index contributed by atoms with van der Waals surface area (Å²) in [6, 6.07) is 18.4. The molecule has 1 N–H and O–H groups in total. The van der Waals surface area contributed by atoms with Crippen molar-refractivity contribution >= 4 is 16.8 Å². The SMILES string of the molecule is CC(=O)NCc1cccc(-c2cccc3ncccc23)c1. The molecule has 3 rings (SSSR count). The largest absolute Gasteiger partial charge is 0.352 e. The van der Waals surface area contributed by atoms with Gasteiger partial charge in [0.25, 0.3) is 0 Å². The van der Waals surface area contributed by atoms with Gasteiger partial charge < -0.3 is 5.32 Å². The van der Waals surface area contributed by atoms with Gasteiger partial charge in [-0.2, -0.15) is 0 Å². The van der Waals surface area contributed by atoms with Gasteiger partial charge in [-0.15, -0.1) is 0 Å². The quantitative estimate of drug-likeness (QED) is 0.795. The topological polar surface area (TPSA) is 42.0 Å². The van der Waals surface area contributed by atoms with Crippen molar-refractivity contribution in [3.63, 3.8) is 0 Å². The Labute approximate surface area is 123 Å². The van der Waals surface area contributed by atoms with Crippen LogP contribution >= 0.6 is 0 Å². The fourth-order valence-corrected chi connectivity index (χ4v) is 2.43. The average molecular weight is 276 g/mol. The summed E-state index contributed by atoms with van der Waals surface area (Å²) in [6.07, 6.45) is 1.80. The number of aromatic nitrogens is 1. The van der Waals surface area contributed by atoms with Crippen LogP contribution in [0.4, 0.5) is 0 Å². The van der Waals surface area contributed by atoms with E-state index in [0.29, 0.717) is 6.54 Å². The highest BCUT2D eigenvalue weighted by Gasteiger charge is 2.05. The van der Waals surface area contributed by atoms with E-state index < -0.39 is 0 Å². The van der Waals surface area contributed by atoms with Gasteiger partial charge in [0.15, 0.2) is 0 Å². The molecule has 0 aliphatic rings. The lowest BCUT2D eigenvalue weighted by Gasteiger charge is -2.09. The summed E-state index contributed by atoms with van der Waals surface area (Å²) in [5.41, 5.74) is 4.37. The Morgan fingerprint density at radius 2 is 1.95 bits per heavy atom. The van der Waals surface area contributed by atoms with E-state index in [0.717, 1.165) is 27.6 Å². The number of hydrogen-bond acceptors (Lipinski definition) is 2. The van der Waals surface area contributed by atoms with E-state index in [9.17, 15) is 4.79 Å². The number of amides is 1. The first kappa shape index (κ1) is 13.3. The molecule has 0 saturated heterocycles. The predicted octanol–water partition coefficient (Wildman–Crippen LogP) is 3.54. The molecule has 0 bridgehead atoms. The van der Waals surface area contributed by atoms with Crippen LogP contribution in [0.1, 0.15) is 12.5 Å². The first-order valence-electron chi connectivity index (χ1n) is 6.91. The van der Waals surface area contributed by atoms with Crippen LogP contribution in [0.5, 0.6) is 0 Å². The second-order valence-electron chi connectivity index (χ2n) is 4.99. The summed E-state index contributed by atoms with van der Waals surface area (Å²) < 4.78 is 0. The van der Waals surface area contributed by atoms with Crippen LogP contribution in [0.3, 0.4) is 0 Å². The molecule has 21 heavy (non-hydrogen) atoms. The van der Waals surface area contributed by atoms with Crippen LogP contribution in [0, 0.1) is 0 Å². The Kier molecular flexibility index (Phi) is 3.65. The highest BCUT2D eigenvalue weighted by molar-refractivity contribution is 5.94. The van der Waals surface area contributed by atoms with Gasteiger partial charge >= 0.3 is 0 Å². The fourth-order valence-electron chi connectivity index (χ4n) is 2.43. The maximum absolute atomic E-state index is 11.0. The smallest absolute Gasteiger partial charge is 0.217 e. The average Bonchev–Trinajstić information content (AvgIpc) is 2.52. The standard InChI is InChI=1S/C18H16N2O/c1-13(21)20-12-14-5-2-6-15(11-14)16-7-3-9-18-17(16)8-4-10-19-18/h2-11H,12H2,1H3,(H,20,21). The molecular weight excluding hydrogens is 260 g/mol. The molecule has 0 unspecified atom stereocenters. The van der Waals surface area contributed by atoms with E-state index in [1.54, 1.807) is 6.20 Å². The monoisotopic (exact) mass is 276 g/mol. The van der Waals surface area contributed by atoms with Gasteiger partial charge in [-0.1, -0.05) is 36.4 Å². The minimum Gasteiger partial charge on any atom is -0.352 e. The van der Waals surface area contributed by atoms with Crippen molar-refractivity contribution < 1.29 is 4.79 Å². The zero-order valence-corrected chi connectivity index (χ0v) is 11.8. The van der Waals surface area contributed by atoms with Gasteiger partial charge in [-0.05, 0) is 34.9 Å². The lowest BCUT2D eigenvalue weighted by atomic mass is 9.99. The van der Waals surface area contributed by atoms with Crippen molar-refractivity contribution in [2.75, 3.05) is 0 Å². The summed E-state index contributed by atoms with van der Waals surface area (Å²) in [5, 5.41) is 3.96. The van der Waals surface area contributed by atoms with E-state index >= 15 is 0 Å². The van der Waals surface area contributed by atoms with Crippen molar-refractivity contribution in [1.82, 2.24) is 10.3 Å². The fraction of sp³-hybridized carbons (Fsp3) is 0.111. The molecule has 0 aliphatic carbocycles. The molecule has 3 aromatic rings. The Morgan fingerprint density at radius 3 is 2.81 bits per heavy atom. The maximum atomic E-state index is 11.0. The minimum atomic E-state index is -0.0187. The summed E-state index contributed by atoms with van der Waals surface area (Å²) in [4.78, 5) is 15.4. The zero-order valence-electron chi connectivity index (χ0n) is 11.8. The number of carbonyl (C=O) groups excluding carboxylic acids is 1. The molecule has 1 aromatic heterocycles. The first-order chi connectivity index (χ1) is 10.2. The Hall–Kier alpha value is -2.68. The third-order valence-electron chi connectivity index (χ3n) is 3.43. The Morgan fingerprint density at radius 1 is 1.10 bits per heavy atom. The number of hydrogen-bond donors (Lipinski definition) is 1. The third-order valence-corrected chi connectivity index (χ3v) is 3.43. The Bertz CT molecular complexity index is 791. The molecule has 0 aliphatic heterocycles. The van der Waals surface area contributed by atoms with E-state index in [4.69, 9.17) is 0 Å². The number of carbonyl (C=O) groups is 1. The van der Waals surface area contributed by atoms with Crippen LogP contribution in [0.25, 0.3) is 22.0 Å². The second kappa shape index (κ2) is 5.75.